The molecule has 0 saturated heterocycles. The topological polar surface area (TPSA) is 24.9 Å². The zero-order valence-corrected chi connectivity index (χ0v) is 14.7. The molecule has 1 aromatic carbocycles. The summed E-state index contributed by atoms with van der Waals surface area (Å²) in [6.07, 6.45) is 2.75. The lowest BCUT2D eigenvalue weighted by molar-refractivity contribution is 0.499. The molecule has 1 unspecified atom stereocenters. The Balaban J connectivity index is 2.07. The number of benzene rings is 1. The Bertz CT molecular complexity index is 565. The summed E-state index contributed by atoms with van der Waals surface area (Å²) < 4.78 is 14.3. The average Bonchev–Trinajstić information content (AvgIpc) is 2.80. The Morgan fingerprint density at radius 1 is 1.33 bits per heavy atom. The van der Waals surface area contributed by atoms with Crippen molar-refractivity contribution in [3.8, 4) is 0 Å². The van der Waals surface area contributed by atoms with Gasteiger partial charge < -0.3 is 5.32 Å². The van der Waals surface area contributed by atoms with Crippen molar-refractivity contribution in [1.82, 2.24) is 10.3 Å². The highest BCUT2D eigenvalue weighted by molar-refractivity contribution is 9.10. The second kappa shape index (κ2) is 8.01. The lowest BCUT2D eigenvalue weighted by Crippen LogP contribution is -2.34. The molecule has 0 aliphatic heterocycles. The van der Waals surface area contributed by atoms with Crippen LogP contribution in [0.25, 0.3) is 0 Å². The molecule has 0 aliphatic carbocycles. The van der Waals surface area contributed by atoms with Gasteiger partial charge in [-0.1, -0.05) is 22.9 Å². The maximum Gasteiger partial charge on any atom is 0.124 e. The second-order valence-electron chi connectivity index (χ2n) is 5.19. The van der Waals surface area contributed by atoms with E-state index in [0.717, 1.165) is 46.5 Å². The molecule has 1 atom stereocenters. The predicted octanol–water partition coefficient (Wildman–Crippen LogP) is 4.51. The Morgan fingerprint density at radius 2 is 2.14 bits per heavy atom. The van der Waals surface area contributed by atoms with Crippen LogP contribution in [0.2, 0.25) is 0 Å². The van der Waals surface area contributed by atoms with Crippen LogP contribution in [0, 0.1) is 12.7 Å². The highest BCUT2D eigenvalue weighted by Crippen LogP contribution is 2.18. The van der Waals surface area contributed by atoms with E-state index in [1.807, 2.05) is 13.0 Å². The minimum atomic E-state index is -0.196. The zero-order chi connectivity index (χ0) is 15.2. The van der Waals surface area contributed by atoms with Gasteiger partial charge in [-0.25, -0.2) is 9.37 Å². The lowest BCUT2D eigenvalue weighted by Gasteiger charge is -2.18. The van der Waals surface area contributed by atoms with Gasteiger partial charge in [-0.05, 0) is 50.1 Å². The van der Waals surface area contributed by atoms with Crippen molar-refractivity contribution in [2.24, 2.45) is 0 Å². The molecule has 21 heavy (non-hydrogen) atoms. The van der Waals surface area contributed by atoms with Gasteiger partial charge in [0, 0.05) is 22.3 Å². The van der Waals surface area contributed by atoms with Crippen LogP contribution in [0.4, 0.5) is 4.39 Å². The third-order valence-corrected chi connectivity index (χ3v) is 4.49. The molecule has 0 amide bonds. The maximum atomic E-state index is 13.5. The SMILES string of the molecule is CCCNC(Cc1cc(F)cc(Br)c1)Cc1csc(C)n1. The number of rotatable bonds is 7. The Morgan fingerprint density at radius 3 is 2.76 bits per heavy atom. The van der Waals surface area contributed by atoms with Gasteiger partial charge >= 0.3 is 0 Å². The molecule has 5 heteroatoms. The molecule has 2 nitrogen and oxygen atoms in total. The predicted molar refractivity (Wildman–Crippen MR) is 90.4 cm³/mol. The molecule has 114 valence electrons. The van der Waals surface area contributed by atoms with E-state index in [2.05, 4.69) is 38.5 Å². The van der Waals surface area contributed by atoms with Crippen LogP contribution in [-0.4, -0.2) is 17.6 Å². The van der Waals surface area contributed by atoms with Gasteiger partial charge in [-0.2, -0.15) is 0 Å². The molecule has 0 fully saturated rings. The van der Waals surface area contributed by atoms with E-state index in [0.29, 0.717) is 0 Å². The smallest absolute Gasteiger partial charge is 0.124 e. The van der Waals surface area contributed by atoms with Gasteiger partial charge in [0.1, 0.15) is 5.82 Å². The third kappa shape index (κ3) is 5.49. The summed E-state index contributed by atoms with van der Waals surface area (Å²) in [6.45, 7) is 5.13. The number of nitrogens with one attached hydrogen (secondary N) is 1. The zero-order valence-electron chi connectivity index (χ0n) is 12.3. The van der Waals surface area contributed by atoms with E-state index >= 15 is 0 Å². The van der Waals surface area contributed by atoms with Crippen LogP contribution in [0.5, 0.6) is 0 Å². The molecule has 1 N–H and O–H groups in total. The first kappa shape index (κ1) is 16.6. The minimum absolute atomic E-state index is 0.196. The lowest BCUT2D eigenvalue weighted by atomic mass is 10.0. The molecule has 2 rings (SSSR count). The molecule has 1 aromatic heterocycles. The molecular formula is C16H20BrFN2S. The minimum Gasteiger partial charge on any atom is -0.313 e. The number of hydrogen-bond donors (Lipinski definition) is 1. The Labute approximate surface area is 137 Å². The molecule has 0 aliphatic rings. The van der Waals surface area contributed by atoms with Crippen molar-refractivity contribution < 1.29 is 4.39 Å². The van der Waals surface area contributed by atoms with Crippen LogP contribution < -0.4 is 5.32 Å². The summed E-state index contributed by atoms with van der Waals surface area (Å²) in [5.74, 6) is -0.196. The Kier molecular flexibility index (Phi) is 6.33. The largest absolute Gasteiger partial charge is 0.313 e. The second-order valence-corrected chi connectivity index (χ2v) is 7.17. The highest BCUT2D eigenvalue weighted by atomic mass is 79.9. The van der Waals surface area contributed by atoms with Crippen LogP contribution in [0.3, 0.4) is 0 Å². The average molecular weight is 371 g/mol. The fourth-order valence-electron chi connectivity index (χ4n) is 2.33. The first-order valence-electron chi connectivity index (χ1n) is 7.16. The van der Waals surface area contributed by atoms with Gasteiger partial charge in [0.15, 0.2) is 0 Å². The van der Waals surface area contributed by atoms with Crippen molar-refractivity contribution in [2.75, 3.05) is 6.54 Å². The van der Waals surface area contributed by atoms with Crippen molar-refractivity contribution in [3.63, 3.8) is 0 Å². The Hall–Kier alpha value is -0.780. The summed E-state index contributed by atoms with van der Waals surface area (Å²) in [6, 6.07) is 5.36. The van der Waals surface area contributed by atoms with Gasteiger partial charge in [0.2, 0.25) is 0 Å². The number of aryl methyl sites for hydroxylation is 1. The van der Waals surface area contributed by atoms with Gasteiger partial charge in [-0.3, -0.25) is 0 Å². The van der Waals surface area contributed by atoms with Crippen molar-refractivity contribution in [2.45, 2.75) is 39.2 Å². The van der Waals surface area contributed by atoms with Crippen LogP contribution in [0.1, 0.15) is 29.6 Å². The quantitative estimate of drug-likeness (QED) is 0.775. The highest BCUT2D eigenvalue weighted by Gasteiger charge is 2.13. The van der Waals surface area contributed by atoms with Crippen molar-refractivity contribution >= 4 is 27.3 Å². The standard InChI is InChI=1S/C16H20BrFN2S/c1-3-4-19-15(9-16-10-21-11(2)20-16)7-12-5-13(17)8-14(18)6-12/h5-6,8,10,15,19H,3-4,7,9H2,1-2H3. The van der Waals surface area contributed by atoms with Gasteiger partial charge in [0.05, 0.1) is 10.7 Å². The molecule has 0 radical (unpaired) electrons. The molecule has 1 heterocycles. The van der Waals surface area contributed by atoms with E-state index in [4.69, 9.17) is 0 Å². The van der Waals surface area contributed by atoms with E-state index < -0.39 is 0 Å². The fraction of sp³-hybridized carbons (Fsp3) is 0.438. The van der Waals surface area contributed by atoms with Gasteiger partial charge in [-0.15, -0.1) is 11.3 Å². The normalized spacial score (nSPS) is 12.6. The van der Waals surface area contributed by atoms with E-state index in [1.54, 1.807) is 17.4 Å². The summed E-state index contributed by atoms with van der Waals surface area (Å²) in [7, 11) is 0. The number of aromatic nitrogens is 1. The van der Waals surface area contributed by atoms with Crippen LogP contribution >= 0.6 is 27.3 Å². The number of nitrogens with zero attached hydrogens (tertiary/aromatic N) is 1. The van der Waals surface area contributed by atoms with Crippen molar-refractivity contribution in [3.05, 3.63) is 50.1 Å². The van der Waals surface area contributed by atoms with Crippen LogP contribution in [0.15, 0.2) is 28.1 Å². The summed E-state index contributed by atoms with van der Waals surface area (Å²) in [5.41, 5.74) is 2.11. The maximum absolute atomic E-state index is 13.5. The summed E-state index contributed by atoms with van der Waals surface area (Å²) in [5, 5.41) is 6.74. The third-order valence-electron chi connectivity index (χ3n) is 3.21. The van der Waals surface area contributed by atoms with Crippen LogP contribution in [-0.2, 0) is 12.8 Å². The first-order chi connectivity index (χ1) is 10.1. The molecule has 0 saturated carbocycles. The summed E-state index contributed by atoms with van der Waals surface area (Å²) in [4.78, 5) is 4.53. The van der Waals surface area contributed by atoms with E-state index in [1.165, 1.54) is 6.07 Å². The van der Waals surface area contributed by atoms with E-state index in [-0.39, 0.29) is 11.9 Å². The molecule has 0 bridgehead atoms. The van der Waals surface area contributed by atoms with Crippen molar-refractivity contribution in [1.29, 1.82) is 0 Å². The van der Waals surface area contributed by atoms with E-state index in [9.17, 15) is 4.39 Å². The number of hydrogen-bond acceptors (Lipinski definition) is 3. The molecule has 0 spiro atoms. The first-order valence-corrected chi connectivity index (χ1v) is 8.83. The monoisotopic (exact) mass is 370 g/mol. The van der Waals surface area contributed by atoms with Gasteiger partial charge in [0.25, 0.3) is 0 Å². The number of thiazole rings is 1. The fourth-order valence-corrected chi connectivity index (χ4v) is 3.47. The summed E-state index contributed by atoms with van der Waals surface area (Å²) >= 11 is 5.03. The molecular weight excluding hydrogens is 351 g/mol. The molecule has 2 aromatic rings. The number of halogens is 2.